The minimum atomic E-state index is 0.0311. The summed E-state index contributed by atoms with van der Waals surface area (Å²) < 4.78 is 0. The van der Waals surface area contributed by atoms with Crippen molar-refractivity contribution >= 4 is 34.0 Å². The second-order valence-corrected chi connectivity index (χ2v) is 7.19. The minimum absolute atomic E-state index is 0.0311. The van der Waals surface area contributed by atoms with E-state index in [0.717, 1.165) is 35.0 Å². The number of fused-ring (bicyclic) bond motifs is 1. The number of carbonyl (C=O) groups is 1. The summed E-state index contributed by atoms with van der Waals surface area (Å²) in [6, 6.07) is 7.79. The third kappa shape index (κ3) is 2.47. The first-order valence-electron chi connectivity index (χ1n) is 7.26. The molecule has 1 N–H and O–H groups in total. The van der Waals surface area contributed by atoms with Gasteiger partial charge in [0.25, 0.3) is 0 Å². The van der Waals surface area contributed by atoms with Crippen molar-refractivity contribution in [3.8, 4) is 0 Å². The monoisotopic (exact) mass is 318 g/mol. The number of nitrogens with zero attached hydrogens (tertiary/aromatic N) is 1. The van der Waals surface area contributed by atoms with E-state index in [0.29, 0.717) is 0 Å². The van der Waals surface area contributed by atoms with Crippen LogP contribution in [0.4, 0.5) is 5.13 Å². The van der Waals surface area contributed by atoms with E-state index in [1.807, 2.05) is 24.3 Å². The molecule has 0 unspecified atom stereocenters. The number of halogens is 1. The molecule has 1 aromatic carbocycles. The van der Waals surface area contributed by atoms with Gasteiger partial charge < -0.3 is 5.32 Å². The summed E-state index contributed by atoms with van der Waals surface area (Å²) >= 11 is 7.82. The highest BCUT2D eigenvalue weighted by Crippen LogP contribution is 2.50. The van der Waals surface area contributed by atoms with Crippen LogP contribution >= 0.6 is 22.9 Å². The molecule has 1 amide bonds. The largest absolute Gasteiger partial charge is 0.302 e. The van der Waals surface area contributed by atoms with E-state index in [1.165, 1.54) is 17.0 Å². The van der Waals surface area contributed by atoms with Gasteiger partial charge in [0, 0.05) is 15.8 Å². The molecule has 0 radical (unpaired) electrons. The van der Waals surface area contributed by atoms with Crippen LogP contribution in [0.1, 0.15) is 34.9 Å². The Balaban J connectivity index is 1.44. The molecule has 1 aromatic heterocycles. The zero-order valence-corrected chi connectivity index (χ0v) is 13.0. The van der Waals surface area contributed by atoms with Crippen LogP contribution in [0.15, 0.2) is 24.3 Å². The number of thiazole rings is 1. The SMILES string of the molecule is O=C(Nc1nc2c(s1)CCC2)[C@@H]1C[C@@H]1c1ccccc1Cl. The van der Waals surface area contributed by atoms with Gasteiger partial charge in [0.05, 0.1) is 5.69 Å². The lowest BCUT2D eigenvalue weighted by molar-refractivity contribution is -0.117. The third-order valence-electron chi connectivity index (χ3n) is 4.26. The molecule has 2 aromatic rings. The number of aromatic nitrogens is 1. The summed E-state index contributed by atoms with van der Waals surface area (Å²) in [5, 5.41) is 4.49. The van der Waals surface area contributed by atoms with Crippen LogP contribution in [0.25, 0.3) is 0 Å². The molecule has 0 spiro atoms. The van der Waals surface area contributed by atoms with Crippen molar-refractivity contribution in [3.63, 3.8) is 0 Å². The Morgan fingerprint density at radius 2 is 2.19 bits per heavy atom. The van der Waals surface area contributed by atoms with Crippen molar-refractivity contribution in [1.82, 2.24) is 4.98 Å². The number of anilines is 1. The average molecular weight is 319 g/mol. The molecule has 1 saturated carbocycles. The summed E-state index contributed by atoms with van der Waals surface area (Å²) in [5.74, 6) is 0.362. The van der Waals surface area contributed by atoms with Crippen molar-refractivity contribution in [2.45, 2.75) is 31.6 Å². The number of hydrogen-bond donors (Lipinski definition) is 1. The number of rotatable bonds is 3. The van der Waals surface area contributed by atoms with E-state index in [9.17, 15) is 4.79 Å². The first-order valence-corrected chi connectivity index (χ1v) is 8.45. The molecule has 1 heterocycles. The number of hydrogen-bond acceptors (Lipinski definition) is 3. The van der Waals surface area contributed by atoms with Crippen LogP contribution in [0, 0.1) is 5.92 Å². The number of carbonyl (C=O) groups excluding carboxylic acids is 1. The highest BCUT2D eigenvalue weighted by Gasteiger charge is 2.45. The van der Waals surface area contributed by atoms with Gasteiger partial charge in [-0.15, -0.1) is 11.3 Å². The summed E-state index contributed by atoms with van der Waals surface area (Å²) in [5.41, 5.74) is 2.26. The maximum atomic E-state index is 12.3. The molecule has 2 aliphatic carbocycles. The van der Waals surface area contributed by atoms with Gasteiger partial charge >= 0.3 is 0 Å². The Morgan fingerprint density at radius 3 is 3.00 bits per heavy atom. The topological polar surface area (TPSA) is 42.0 Å². The highest BCUT2D eigenvalue weighted by molar-refractivity contribution is 7.15. The molecule has 2 atom stereocenters. The molecule has 5 heteroatoms. The summed E-state index contributed by atoms with van der Waals surface area (Å²) in [6.07, 6.45) is 4.22. The Kier molecular flexibility index (Phi) is 3.23. The van der Waals surface area contributed by atoms with Gasteiger partial charge in [-0.1, -0.05) is 29.8 Å². The Hall–Kier alpha value is -1.39. The molecule has 3 nitrogen and oxygen atoms in total. The van der Waals surface area contributed by atoms with Crippen molar-refractivity contribution in [2.75, 3.05) is 5.32 Å². The fourth-order valence-electron chi connectivity index (χ4n) is 3.05. The molecule has 0 saturated heterocycles. The maximum Gasteiger partial charge on any atom is 0.229 e. The average Bonchev–Trinajstić information content (AvgIpc) is 2.99. The number of aryl methyl sites for hydroxylation is 2. The van der Waals surface area contributed by atoms with Crippen molar-refractivity contribution in [3.05, 3.63) is 45.4 Å². The van der Waals surface area contributed by atoms with E-state index < -0.39 is 0 Å². The second kappa shape index (κ2) is 5.11. The fraction of sp³-hybridized carbons (Fsp3) is 0.375. The molecule has 1 fully saturated rings. The molecule has 0 bridgehead atoms. The lowest BCUT2D eigenvalue weighted by Gasteiger charge is -2.03. The van der Waals surface area contributed by atoms with Crippen molar-refractivity contribution in [1.29, 1.82) is 0 Å². The Morgan fingerprint density at radius 1 is 1.33 bits per heavy atom. The molecule has 2 aliphatic rings. The summed E-state index contributed by atoms with van der Waals surface area (Å²) in [7, 11) is 0. The summed E-state index contributed by atoms with van der Waals surface area (Å²) in [4.78, 5) is 18.2. The zero-order chi connectivity index (χ0) is 14.4. The van der Waals surface area contributed by atoms with Crippen LogP contribution in [0.2, 0.25) is 5.02 Å². The maximum absolute atomic E-state index is 12.3. The first kappa shape index (κ1) is 13.3. The fourth-order valence-corrected chi connectivity index (χ4v) is 4.37. The van der Waals surface area contributed by atoms with Gasteiger partial charge in [0.15, 0.2) is 5.13 Å². The standard InChI is InChI=1S/C16H15ClN2OS/c17-12-5-2-1-4-9(12)10-8-11(10)15(20)19-16-18-13-6-3-7-14(13)21-16/h1-2,4-5,10-11H,3,6-8H2,(H,18,19,20)/t10-,11-/m1/s1. The Labute approximate surface area is 132 Å². The van der Waals surface area contributed by atoms with E-state index in [4.69, 9.17) is 11.6 Å². The van der Waals surface area contributed by atoms with Crippen LogP contribution in [-0.2, 0) is 17.6 Å². The van der Waals surface area contributed by atoms with Gasteiger partial charge in [-0.3, -0.25) is 4.79 Å². The van der Waals surface area contributed by atoms with Gasteiger partial charge in [-0.25, -0.2) is 4.98 Å². The number of amides is 1. The summed E-state index contributed by atoms with van der Waals surface area (Å²) in [6.45, 7) is 0. The van der Waals surface area contributed by atoms with E-state index in [-0.39, 0.29) is 17.7 Å². The minimum Gasteiger partial charge on any atom is -0.302 e. The zero-order valence-electron chi connectivity index (χ0n) is 11.4. The van der Waals surface area contributed by atoms with Gasteiger partial charge in [-0.05, 0) is 43.2 Å². The van der Waals surface area contributed by atoms with E-state index in [1.54, 1.807) is 11.3 Å². The van der Waals surface area contributed by atoms with Crippen LogP contribution in [0.3, 0.4) is 0 Å². The van der Waals surface area contributed by atoms with Crippen molar-refractivity contribution in [2.24, 2.45) is 5.92 Å². The molecular formula is C16H15ClN2OS. The molecule has 108 valence electrons. The van der Waals surface area contributed by atoms with E-state index in [2.05, 4.69) is 10.3 Å². The highest BCUT2D eigenvalue weighted by atomic mass is 35.5. The van der Waals surface area contributed by atoms with Crippen LogP contribution in [0.5, 0.6) is 0 Å². The van der Waals surface area contributed by atoms with E-state index >= 15 is 0 Å². The third-order valence-corrected chi connectivity index (χ3v) is 5.67. The molecule has 21 heavy (non-hydrogen) atoms. The van der Waals surface area contributed by atoms with Crippen LogP contribution < -0.4 is 5.32 Å². The smallest absolute Gasteiger partial charge is 0.229 e. The van der Waals surface area contributed by atoms with Gasteiger partial charge in [0.1, 0.15) is 0 Å². The quantitative estimate of drug-likeness (QED) is 0.928. The first-order chi connectivity index (χ1) is 10.2. The Bertz CT molecular complexity index is 691. The van der Waals surface area contributed by atoms with Gasteiger partial charge in [-0.2, -0.15) is 0 Å². The second-order valence-electron chi connectivity index (χ2n) is 5.70. The lowest BCUT2D eigenvalue weighted by atomic mass is 10.1. The number of benzene rings is 1. The predicted molar refractivity (Wildman–Crippen MR) is 85.1 cm³/mol. The normalized spacial score (nSPS) is 22.9. The number of nitrogens with one attached hydrogen (secondary N) is 1. The van der Waals surface area contributed by atoms with Crippen LogP contribution in [-0.4, -0.2) is 10.9 Å². The molecular weight excluding hydrogens is 304 g/mol. The molecule has 4 rings (SSSR count). The lowest BCUT2D eigenvalue weighted by Crippen LogP contribution is -2.14. The van der Waals surface area contributed by atoms with Crippen molar-refractivity contribution < 1.29 is 4.79 Å². The predicted octanol–water partition coefficient (Wildman–Crippen LogP) is 4.03. The van der Waals surface area contributed by atoms with Gasteiger partial charge in [0.2, 0.25) is 5.91 Å². The molecule has 0 aliphatic heterocycles.